The molecule has 98 valence electrons. The monoisotopic (exact) mass is 253 g/mol. The van der Waals surface area contributed by atoms with Crippen LogP contribution in [0.1, 0.15) is 46.0 Å². The predicted molar refractivity (Wildman–Crippen MR) is 80.2 cm³/mol. The van der Waals surface area contributed by atoms with Gasteiger partial charge in [0.15, 0.2) is 0 Å². The third-order valence-electron chi connectivity index (χ3n) is 3.92. The second-order valence-corrected chi connectivity index (χ2v) is 8.82. The SMILES string of the molecule is CNS1(CC(C)C)C=CC(C2CCCCC2)=C1. The molecule has 0 amide bonds. The molecule has 1 unspecified atom stereocenters. The molecule has 1 saturated carbocycles. The summed E-state index contributed by atoms with van der Waals surface area (Å²) in [6.07, 6.45) is 9.56. The lowest BCUT2D eigenvalue weighted by Gasteiger charge is -2.33. The van der Waals surface area contributed by atoms with Gasteiger partial charge in [0.05, 0.1) is 0 Å². The summed E-state index contributed by atoms with van der Waals surface area (Å²) in [6, 6.07) is 0. The normalized spacial score (nSPS) is 33.8. The molecule has 1 N–H and O–H groups in total. The molecule has 1 nitrogen and oxygen atoms in total. The van der Waals surface area contributed by atoms with Crippen LogP contribution in [0.15, 0.2) is 22.5 Å². The molecule has 0 aromatic carbocycles. The molecule has 1 heterocycles. The van der Waals surface area contributed by atoms with Crippen LogP contribution in [0, 0.1) is 11.8 Å². The third-order valence-corrected chi connectivity index (χ3v) is 7.21. The fraction of sp³-hybridized carbons (Fsp3) is 0.733. The van der Waals surface area contributed by atoms with Crippen molar-refractivity contribution in [2.45, 2.75) is 46.0 Å². The molecular weight excluding hydrogens is 226 g/mol. The van der Waals surface area contributed by atoms with Gasteiger partial charge in [-0.25, -0.2) is 0 Å². The molecule has 2 rings (SSSR count). The Morgan fingerprint density at radius 2 is 2.00 bits per heavy atom. The van der Waals surface area contributed by atoms with Crippen LogP contribution in [-0.2, 0) is 0 Å². The summed E-state index contributed by atoms with van der Waals surface area (Å²) in [7, 11) is 1.34. The van der Waals surface area contributed by atoms with Crippen LogP contribution in [-0.4, -0.2) is 12.8 Å². The molecule has 17 heavy (non-hydrogen) atoms. The van der Waals surface area contributed by atoms with Gasteiger partial charge in [0.1, 0.15) is 0 Å². The maximum Gasteiger partial charge on any atom is -0.00151 e. The van der Waals surface area contributed by atoms with E-state index in [0.717, 1.165) is 11.8 Å². The summed E-state index contributed by atoms with van der Waals surface area (Å²) in [5.41, 5.74) is 1.63. The number of rotatable bonds is 4. The average molecular weight is 253 g/mol. The molecule has 2 heteroatoms. The highest BCUT2D eigenvalue weighted by Gasteiger charge is 2.26. The van der Waals surface area contributed by atoms with E-state index in [-0.39, 0.29) is 0 Å². The van der Waals surface area contributed by atoms with Gasteiger partial charge in [0, 0.05) is 0 Å². The van der Waals surface area contributed by atoms with Gasteiger partial charge in [0.2, 0.25) is 0 Å². The topological polar surface area (TPSA) is 12.0 Å². The first-order valence-corrected chi connectivity index (χ1v) is 8.97. The second kappa shape index (κ2) is 5.62. The number of hydrogen-bond donors (Lipinski definition) is 1. The van der Waals surface area contributed by atoms with Crippen molar-refractivity contribution in [2.24, 2.45) is 11.8 Å². The summed E-state index contributed by atoms with van der Waals surface area (Å²) in [6.45, 7) is 4.65. The van der Waals surface area contributed by atoms with E-state index >= 15 is 0 Å². The molecule has 0 aromatic rings. The van der Waals surface area contributed by atoms with E-state index in [2.05, 4.69) is 42.5 Å². The van der Waals surface area contributed by atoms with Crippen LogP contribution in [0.4, 0.5) is 0 Å². The molecule has 0 spiro atoms. The van der Waals surface area contributed by atoms with Crippen LogP contribution in [0.5, 0.6) is 0 Å². The van der Waals surface area contributed by atoms with Crippen molar-refractivity contribution >= 4 is 10.2 Å². The van der Waals surface area contributed by atoms with Crippen LogP contribution in [0.3, 0.4) is 0 Å². The lowest BCUT2D eigenvalue weighted by molar-refractivity contribution is 0.409. The highest BCUT2D eigenvalue weighted by Crippen LogP contribution is 2.54. The smallest absolute Gasteiger partial charge is 0.00151 e. The first kappa shape index (κ1) is 13.2. The molecule has 0 saturated heterocycles. The lowest BCUT2D eigenvalue weighted by atomic mass is 9.84. The zero-order valence-corrected chi connectivity index (χ0v) is 12.4. The van der Waals surface area contributed by atoms with Crippen molar-refractivity contribution < 1.29 is 0 Å². The maximum absolute atomic E-state index is 3.60. The number of hydrogen-bond acceptors (Lipinski definition) is 1. The van der Waals surface area contributed by atoms with E-state index in [1.165, 1.54) is 37.9 Å². The van der Waals surface area contributed by atoms with Crippen molar-refractivity contribution in [3.63, 3.8) is 0 Å². The van der Waals surface area contributed by atoms with Gasteiger partial charge in [0.25, 0.3) is 0 Å². The Morgan fingerprint density at radius 3 is 2.59 bits per heavy atom. The summed E-state index contributed by atoms with van der Waals surface area (Å²) >= 11 is 0. The van der Waals surface area contributed by atoms with E-state index in [0.29, 0.717) is 0 Å². The van der Waals surface area contributed by atoms with Gasteiger partial charge >= 0.3 is 0 Å². The van der Waals surface area contributed by atoms with Crippen molar-refractivity contribution in [3.05, 3.63) is 22.5 Å². The Kier molecular flexibility index (Phi) is 4.37. The van der Waals surface area contributed by atoms with E-state index in [9.17, 15) is 0 Å². The van der Waals surface area contributed by atoms with Crippen LogP contribution in [0.2, 0.25) is 0 Å². The van der Waals surface area contributed by atoms with Crippen LogP contribution in [0.25, 0.3) is 0 Å². The number of nitrogens with one attached hydrogen (secondary N) is 1. The average Bonchev–Trinajstić information content (AvgIpc) is 2.74. The van der Waals surface area contributed by atoms with Crippen LogP contribution < -0.4 is 4.72 Å². The van der Waals surface area contributed by atoms with Gasteiger partial charge in [-0.1, -0.05) is 39.2 Å². The molecule has 2 aliphatic rings. The standard InChI is InChI=1S/C15H27NS/c1-13(2)11-17(16-3)10-9-15(12-17)14-7-5-4-6-8-14/h9-10,12-14,16H,4-8,11H2,1-3H3. The second-order valence-electron chi connectivity index (χ2n) is 5.87. The zero-order chi connectivity index (χ0) is 12.3. The Bertz CT molecular complexity index is 313. The summed E-state index contributed by atoms with van der Waals surface area (Å²) < 4.78 is 3.60. The van der Waals surface area contributed by atoms with E-state index in [4.69, 9.17) is 0 Å². The largest absolute Gasteiger partial charge is 0.277 e. The molecule has 1 fully saturated rings. The minimum atomic E-state index is -0.789. The lowest BCUT2D eigenvalue weighted by Crippen LogP contribution is -2.17. The van der Waals surface area contributed by atoms with Gasteiger partial charge in [-0.15, -0.1) is 10.2 Å². The highest BCUT2D eigenvalue weighted by atomic mass is 32.3. The summed E-state index contributed by atoms with van der Waals surface area (Å²) in [5, 5.41) is 5.06. The first-order chi connectivity index (χ1) is 8.15. The molecule has 1 aliphatic carbocycles. The fourth-order valence-electron chi connectivity index (χ4n) is 3.06. The van der Waals surface area contributed by atoms with Gasteiger partial charge in [-0.3, -0.25) is 4.72 Å². The molecule has 0 bridgehead atoms. The first-order valence-electron chi connectivity index (χ1n) is 7.04. The predicted octanol–water partition coefficient (Wildman–Crippen LogP) is 4.57. The minimum Gasteiger partial charge on any atom is -0.277 e. The molecule has 0 aromatic heterocycles. The molecule has 0 radical (unpaired) electrons. The molecule has 1 atom stereocenters. The number of allylic oxidation sites excluding steroid dienone is 2. The van der Waals surface area contributed by atoms with Gasteiger partial charge in [-0.05, 0) is 53.9 Å². The quantitative estimate of drug-likeness (QED) is 0.773. The Hall–Kier alpha value is -0.210. The summed E-state index contributed by atoms with van der Waals surface area (Å²) in [4.78, 5) is 0. The third kappa shape index (κ3) is 3.17. The molecular formula is C15H27NS. The zero-order valence-electron chi connectivity index (χ0n) is 11.5. The van der Waals surface area contributed by atoms with Crippen molar-refractivity contribution in [3.8, 4) is 0 Å². The molecule has 1 aliphatic heterocycles. The maximum atomic E-state index is 3.60. The van der Waals surface area contributed by atoms with Gasteiger partial charge in [-0.2, -0.15) is 0 Å². The summed E-state index contributed by atoms with van der Waals surface area (Å²) in [5.74, 6) is 2.91. The Morgan fingerprint density at radius 1 is 1.29 bits per heavy atom. The van der Waals surface area contributed by atoms with Crippen LogP contribution >= 0.6 is 10.2 Å². The van der Waals surface area contributed by atoms with E-state index in [1.807, 2.05) is 0 Å². The van der Waals surface area contributed by atoms with Crippen molar-refractivity contribution in [2.75, 3.05) is 12.8 Å². The Labute approximate surface area is 108 Å². The fourth-order valence-corrected chi connectivity index (χ4v) is 6.02. The highest BCUT2D eigenvalue weighted by molar-refractivity contribution is 8.37. The minimum absolute atomic E-state index is 0.768. The van der Waals surface area contributed by atoms with E-state index in [1.54, 1.807) is 5.57 Å². The Balaban J connectivity index is 2.08. The van der Waals surface area contributed by atoms with E-state index < -0.39 is 10.2 Å². The van der Waals surface area contributed by atoms with Gasteiger partial charge < -0.3 is 0 Å². The van der Waals surface area contributed by atoms with Crippen molar-refractivity contribution in [1.82, 2.24) is 4.72 Å². The van der Waals surface area contributed by atoms with Crippen molar-refractivity contribution in [1.29, 1.82) is 0 Å².